The third-order valence-electron chi connectivity index (χ3n) is 3.88. The summed E-state index contributed by atoms with van der Waals surface area (Å²) in [4.78, 5) is 13.4. The number of nitrogens with zero attached hydrogens (tertiary/aromatic N) is 1. The molecule has 4 nitrogen and oxygen atoms in total. The minimum absolute atomic E-state index is 0.171. The molecule has 1 aromatic carbocycles. The van der Waals surface area contributed by atoms with Gasteiger partial charge >= 0.3 is 6.09 Å². The van der Waals surface area contributed by atoms with E-state index in [0.717, 1.165) is 18.4 Å². The predicted molar refractivity (Wildman–Crippen MR) is 79.6 cm³/mol. The summed E-state index contributed by atoms with van der Waals surface area (Å²) in [5, 5.41) is 3.54. The molecular formula is C16H23FN2O2. The Morgan fingerprint density at radius 3 is 2.57 bits per heavy atom. The molecule has 1 atom stereocenters. The molecule has 0 aromatic heterocycles. The van der Waals surface area contributed by atoms with Gasteiger partial charge in [0.25, 0.3) is 0 Å². The second kappa shape index (κ2) is 7.41. The smallest absolute Gasteiger partial charge is 0.409 e. The summed E-state index contributed by atoms with van der Waals surface area (Å²) in [5.41, 5.74) is 1.07. The molecule has 0 bridgehead atoms. The van der Waals surface area contributed by atoms with Crippen LogP contribution in [0.3, 0.4) is 0 Å². The minimum Gasteiger partial charge on any atom is -0.450 e. The Bertz CT molecular complexity index is 456. The van der Waals surface area contributed by atoms with E-state index in [-0.39, 0.29) is 18.0 Å². The summed E-state index contributed by atoms with van der Waals surface area (Å²) in [7, 11) is 0. The number of carbonyl (C=O) groups excluding carboxylic acids is 1. The van der Waals surface area contributed by atoms with Crippen LogP contribution < -0.4 is 5.32 Å². The predicted octanol–water partition coefficient (Wildman–Crippen LogP) is 3.10. The fourth-order valence-electron chi connectivity index (χ4n) is 2.64. The maximum absolute atomic E-state index is 12.9. The van der Waals surface area contributed by atoms with Crippen molar-refractivity contribution in [2.24, 2.45) is 0 Å². The Kier molecular flexibility index (Phi) is 5.56. The van der Waals surface area contributed by atoms with E-state index in [1.165, 1.54) is 12.1 Å². The van der Waals surface area contributed by atoms with Crippen molar-refractivity contribution in [3.8, 4) is 0 Å². The highest BCUT2D eigenvalue weighted by atomic mass is 19.1. The van der Waals surface area contributed by atoms with Gasteiger partial charge in [-0.15, -0.1) is 0 Å². The average Bonchev–Trinajstić information content (AvgIpc) is 2.49. The van der Waals surface area contributed by atoms with Crippen molar-refractivity contribution in [2.45, 2.75) is 38.8 Å². The Morgan fingerprint density at radius 2 is 2.00 bits per heavy atom. The average molecular weight is 294 g/mol. The van der Waals surface area contributed by atoms with Crippen LogP contribution in [0.4, 0.5) is 9.18 Å². The van der Waals surface area contributed by atoms with E-state index in [9.17, 15) is 9.18 Å². The molecule has 0 saturated carbocycles. The van der Waals surface area contributed by atoms with E-state index >= 15 is 0 Å². The lowest BCUT2D eigenvalue weighted by Crippen LogP contribution is -2.45. The largest absolute Gasteiger partial charge is 0.450 e. The molecule has 1 N–H and O–H groups in total. The molecular weight excluding hydrogens is 271 g/mol. The van der Waals surface area contributed by atoms with Gasteiger partial charge in [0.15, 0.2) is 0 Å². The number of hydrogen-bond acceptors (Lipinski definition) is 3. The van der Waals surface area contributed by atoms with Crippen LogP contribution in [0.15, 0.2) is 24.3 Å². The van der Waals surface area contributed by atoms with Crippen LogP contribution in [0.1, 0.15) is 38.3 Å². The van der Waals surface area contributed by atoms with Gasteiger partial charge in [0.2, 0.25) is 0 Å². The molecule has 1 fully saturated rings. The second-order valence-corrected chi connectivity index (χ2v) is 5.40. The SMILES string of the molecule is CCOC(=O)N1CCC(NC(C)c2ccc(F)cc2)CC1. The normalized spacial score (nSPS) is 17.6. The number of rotatable bonds is 4. The van der Waals surface area contributed by atoms with Crippen LogP contribution in [-0.2, 0) is 4.74 Å². The van der Waals surface area contributed by atoms with E-state index in [1.54, 1.807) is 17.0 Å². The second-order valence-electron chi connectivity index (χ2n) is 5.40. The Labute approximate surface area is 125 Å². The van der Waals surface area contributed by atoms with Gasteiger partial charge in [0.05, 0.1) is 6.61 Å². The van der Waals surface area contributed by atoms with Crippen molar-refractivity contribution >= 4 is 6.09 Å². The summed E-state index contributed by atoms with van der Waals surface area (Å²) in [6, 6.07) is 7.12. The number of benzene rings is 1. The number of hydrogen-bond donors (Lipinski definition) is 1. The fraction of sp³-hybridized carbons (Fsp3) is 0.562. The van der Waals surface area contributed by atoms with E-state index in [2.05, 4.69) is 12.2 Å². The zero-order valence-corrected chi connectivity index (χ0v) is 12.6. The Hall–Kier alpha value is -1.62. The topological polar surface area (TPSA) is 41.6 Å². The van der Waals surface area contributed by atoms with Crippen LogP contribution in [-0.4, -0.2) is 36.7 Å². The maximum atomic E-state index is 12.9. The highest BCUT2D eigenvalue weighted by molar-refractivity contribution is 5.67. The van der Waals surface area contributed by atoms with Crippen LogP contribution in [0.2, 0.25) is 0 Å². The molecule has 1 amide bonds. The van der Waals surface area contributed by atoms with Gasteiger partial charge in [0, 0.05) is 25.2 Å². The summed E-state index contributed by atoms with van der Waals surface area (Å²) >= 11 is 0. The summed E-state index contributed by atoms with van der Waals surface area (Å²) in [6.45, 7) is 5.74. The molecule has 1 aliphatic heterocycles. The van der Waals surface area contributed by atoms with Gasteiger partial charge in [-0.2, -0.15) is 0 Å². The van der Waals surface area contributed by atoms with E-state index < -0.39 is 0 Å². The first-order valence-corrected chi connectivity index (χ1v) is 7.53. The van der Waals surface area contributed by atoms with Gasteiger partial charge in [-0.25, -0.2) is 9.18 Å². The zero-order chi connectivity index (χ0) is 15.2. The number of piperidine rings is 1. The van der Waals surface area contributed by atoms with Crippen molar-refractivity contribution in [1.29, 1.82) is 0 Å². The highest BCUT2D eigenvalue weighted by Crippen LogP contribution is 2.18. The first kappa shape index (κ1) is 15.8. The number of amides is 1. The van der Waals surface area contributed by atoms with Gasteiger partial charge < -0.3 is 15.0 Å². The maximum Gasteiger partial charge on any atom is 0.409 e. The van der Waals surface area contributed by atoms with Crippen molar-refractivity contribution in [2.75, 3.05) is 19.7 Å². The summed E-state index contributed by atoms with van der Waals surface area (Å²) in [5.74, 6) is -0.214. The van der Waals surface area contributed by atoms with Gasteiger partial charge in [-0.05, 0) is 44.4 Å². The third kappa shape index (κ3) is 4.43. The van der Waals surface area contributed by atoms with Crippen molar-refractivity contribution in [1.82, 2.24) is 10.2 Å². The molecule has 1 saturated heterocycles. The molecule has 1 aliphatic rings. The number of ether oxygens (including phenoxy) is 1. The zero-order valence-electron chi connectivity index (χ0n) is 12.6. The molecule has 1 unspecified atom stereocenters. The lowest BCUT2D eigenvalue weighted by Gasteiger charge is -2.33. The highest BCUT2D eigenvalue weighted by Gasteiger charge is 2.24. The lowest BCUT2D eigenvalue weighted by molar-refractivity contribution is 0.0944. The molecule has 1 aromatic rings. The van der Waals surface area contributed by atoms with Crippen LogP contribution in [0, 0.1) is 5.82 Å². The van der Waals surface area contributed by atoms with Crippen LogP contribution in [0.25, 0.3) is 0 Å². The number of halogens is 1. The van der Waals surface area contributed by atoms with E-state index in [4.69, 9.17) is 4.74 Å². The standard InChI is InChI=1S/C16H23FN2O2/c1-3-21-16(20)19-10-8-15(9-11-19)18-12(2)13-4-6-14(17)7-5-13/h4-7,12,15,18H,3,8-11H2,1-2H3. The lowest BCUT2D eigenvalue weighted by atomic mass is 10.0. The Morgan fingerprint density at radius 1 is 1.38 bits per heavy atom. The van der Waals surface area contributed by atoms with Crippen molar-refractivity contribution in [3.05, 3.63) is 35.6 Å². The molecule has 0 spiro atoms. The fourth-order valence-corrected chi connectivity index (χ4v) is 2.64. The van der Waals surface area contributed by atoms with Gasteiger partial charge in [0.1, 0.15) is 5.82 Å². The molecule has 21 heavy (non-hydrogen) atoms. The number of likely N-dealkylation sites (tertiary alicyclic amines) is 1. The molecule has 116 valence electrons. The van der Waals surface area contributed by atoms with E-state index in [1.807, 2.05) is 6.92 Å². The van der Waals surface area contributed by atoms with Crippen molar-refractivity contribution in [3.63, 3.8) is 0 Å². The minimum atomic E-state index is -0.220. The summed E-state index contributed by atoms with van der Waals surface area (Å²) in [6.07, 6.45) is 1.59. The quantitative estimate of drug-likeness (QED) is 0.928. The van der Waals surface area contributed by atoms with Gasteiger partial charge in [-0.3, -0.25) is 0 Å². The molecule has 0 radical (unpaired) electrons. The van der Waals surface area contributed by atoms with Gasteiger partial charge in [-0.1, -0.05) is 12.1 Å². The first-order chi connectivity index (χ1) is 10.1. The third-order valence-corrected chi connectivity index (χ3v) is 3.88. The Balaban J connectivity index is 1.80. The van der Waals surface area contributed by atoms with Crippen molar-refractivity contribution < 1.29 is 13.9 Å². The summed E-state index contributed by atoms with van der Waals surface area (Å²) < 4.78 is 17.9. The van der Waals surface area contributed by atoms with E-state index in [0.29, 0.717) is 25.7 Å². The molecule has 2 rings (SSSR count). The molecule has 1 heterocycles. The van der Waals surface area contributed by atoms with Crippen LogP contribution >= 0.6 is 0 Å². The number of nitrogens with one attached hydrogen (secondary N) is 1. The molecule has 5 heteroatoms. The van der Waals surface area contributed by atoms with Crippen LogP contribution in [0.5, 0.6) is 0 Å². The first-order valence-electron chi connectivity index (χ1n) is 7.53. The monoisotopic (exact) mass is 294 g/mol. The molecule has 0 aliphatic carbocycles. The number of carbonyl (C=O) groups is 1.